The van der Waals surface area contributed by atoms with E-state index in [4.69, 9.17) is 15.0 Å². The molecule has 0 unspecified atom stereocenters. The fourth-order valence-corrected chi connectivity index (χ4v) is 5.28. The van der Waals surface area contributed by atoms with Crippen LogP contribution in [0.5, 0.6) is 0 Å². The Morgan fingerprint density at radius 1 is 1.26 bits per heavy atom. The van der Waals surface area contributed by atoms with Crippen LogP contribution < -0.4 is 11.4 Å². The average Bonchev–Trinajstić information content (AvgIpc) is 3.34. The smallest absolute Gasteiger partial charge is 0.350 e. The molecule has 2 aliphatic carbocycles. The summed E-state index contributed by atoms with van der Waals surface area (Å²) in [6, 6.07) is 5.43. The molecular formula is C18H20N6O3. The lowest BCUT2D eigenvalue weighted by Crippen LogP contribution is -2.57. The molecule has 5 heterocycles. The molecule has 2 bridgehead atoms. The number of pyridine rings is 1. The standard InChI is InChI=1S/C18H20N6O3/c19-11-16-9-17(10-16,18(27-16)5-3-6-18)14-20-12(22-26-14)8-24-15(25)23-7-2-1-4-13(23)21-24/h1-2,4,7H,3,5-6,8-11,19H2. The molecule has 4 aliphatic rings. The SMILES string of the molecule is NCC12CC(c3nc(Cn4nc5ccccn5c4=O)no3)(C1)C1(CCC1)O2. The largest absolute Gasteiger partial charge is 0.366 e. The second kappa shape index (κ2) is 4.85. The van der Waals surface area contributed by atoms with Crippen LogP contribution in [0.1, 0.15) is 43.8 Å². The second-order valence-corrected chi connectivity index (χ2v) is 8.16. The zero-order valence-electron chi connectivity index (χ0n) is 14.8. The van der Waals surface area contributed by atoms with Gasteiger partial charge in [0.25, 0.3) is 0 Å². The first kappa shape index (κ1) is 15.5. The van der Waals surface area contributed by atoms with Crippen molar-refractivity contribution in [3.8, 4) is 0 Å². The van der Waals surface area contributed by atoms with Crippen molar-refractivity contribution in [2.45, 2.75) is 55.3 Å². The van der Waals surface area contributed by atoms with Crippen molar-refractivity contribution in [3.05, 3.63) is 46.6 Å². The molecule has 9 heteroatoms. The van der Waals surface area contributed by atoms with Crippen molar-refractivity contribution in [1.82, 2.24) is 24.3 Å². The van der Waals surface area contributed by atoms with Crippen LogP contribution in [0.25, 0.3) is 5.65 Å². The first-order valence-electron chi connectivity index (χ1n) is 9.36. The quantitative estimate of drug-likeness (QED) is 0.718. The lowest BCUT2D eigenvalue weighted by atomic mass is 9.51. The minimum absolute atomic E-state index is 0.177. The topological polar surface area (TPSA) is 113 Å². The summed E-state index contributed by atoms with van der Waals surface area (Å²) in [5.41, 5.74) is 5.68. The van der Waals surface area contributed by atoms with Gasteiger partial charge in [0.2, 0.25) is 5.89 Å². The Bertz CT molecular complexity index is 1100. The summed E-state index contributed by atoms with van der Waals surface area (Å²) in [6.07, 6.45) is 6.55. The van der Waals surface area contributed by atoms with Gasteiger partial charge in [-0.25, -0.2) is 9.48 Å². The molecule has 3 aromatic heterocycles. The molecule has 1 spiro atoms. The first-order chi connectivity index (χ1) is 13.1. The van der Waals surface area contributed by atoms with Gasteiger partial charge in [0, 0.05) is 12.7 Å². The molecule has 0 atom stereocenters. The molecule has 2 saturated carbocycles. The van der Waals surface area contributed by atoms with E-state index < -0.39 is 0 Å². The maximum absolute atomic E-state index is 12.4. The lowest BCUT2D eigenvalue weighted by Gasteiger charge is -2.48. The Hall–Kier alpha value is -2.52. The van der Waals surface area contributed by atoms with Gasteiger partial charge in [0.05, 0.1) is 16.6 Å². The van der Waals surface area contributed by atoms with E-state index in [0.717, 1.165) is 32.1 Å². The number of nitrogens with two attached hydrogens (primary N) is 1. The van der Waals surface area contributed by atoms with E-state index in [0.29, 0.717) is 23.9 Å². The molecule has 0 radical (unpaired) electrons. The second-order valence-electron chi connectivity index (χ2n) is 8.16. The summed E-state index contributed by atoms with van der Waals surface area (Å²) >= 11 is 0. The van der Waals surface area contributed by atoms with Crippen LogP contribution in [0.3, 0.4) is 0 Å². The molecule has 3 aromatic rings. The summed E-state index contributed by atoms with van der Waals surface area (Å²) in [4.78, 5) is 17.1. The number of fused-ring (bicyclic) bond motifs is 1. The number of hydrogen-bond acceptors (Lipinski definition) is 7. The first-order valence-corrected chi connectivity index (χ1v) is 9.36. The highest BCUT2D eigenvalue weighted by Crippen LogP contribution is 2.71. The Morgan fingerprint density at radius 3 is 2.81 bits per heavy atom. The Morgan fingerprint density at radius 2 is 2.11 bits per heavy atom. The molecule has 9 nitrogen and oxygen atoms in total. The molecule has 140 valence electrons. The summed E-state index contributed by atoms with van der Waals surface area (Å²) in [5.74, 6) is 1.08. The van der Waals surface area contributed by atoms with Crippen molar-refractivity contribution in [1.29, 1.82) is 0 Å². The zero-order chi connectivity index (χ0) is 18.3. The molecule has 4 fully saturated rings. The molecule has 2 aliphatic heterocycles. The molecule has 27 heavy (non-hydrogen) atoms. The molecule has 7 rings (SSSR count). The van der Waals surface area contributed by atoms with Crippen LogP contribution in [-0.4, -0.2) is 42.1 Å². The van der Waals surface area contributed by atoms with Crippen molar-refractivity contribution < 1.29 is 9.26 Å². The molecule has 2 N–H and O–H groups in total. The highest BCUT2D eigenvalue weighted by atomic mass is 16.5. The fourth-order valence-electron chi connectivity index (χ4n) is 5.28. The van der Waals surface area contributed by atoms with Crippen molar-refractivity contribution >= 4 is 5.65 Å². The van der Waals surface area contributed by atoms with E-state index in [1.807, 2.05) is 6.07 Å². The Kier molecular flexibility index (Phi) is 2.79. The van der Waals surface area contributed by atoms with Gasteiger partial charge in [0.1, 0.15) is 6.54 Å². The van der Waals surface area contributed by atoms with Crippen molar-refractivity contribution in [2.75, 3.05) is 6.54 Å². The van der Waals surface area contributed by atoms with Crippen molar-refractivity contribution in [3.63, 3.8) is 0 Å². The molecule has 0 amide bonds. The van der Waals surface area contributed by atoms with E-state index in [1.54, 1.807) is 18.3 Å². The average molecular weight is 368 g/mol. The third-order valence-electron chi connectivity index (χ3n) is 6.72. The van der Waals surface area contributed by atoms with E-state index in [9.17, 15) is 4.79 Å². The van der Waals surface area contributed by atoms with Gasteiger partial charge in [-0.15, -0.1) is 5.10 Å². The summed E-state index contributed by atoms with van der Waals surface area (Å²) in [6.45, 7) is 0.699. The summed E-state index contributed by atoms with van der Waals surface area (Å²) in [5, 5.41) is 8.45. The number of hydrogen-bond donors (Lipinski definition) is 1. The van der Waals surface area contributed by atoms with Gasteiger partial charge in [-0.3, -0.25) is 4.40 Å². The third kappa shape index (κ3) is 1.80. The van der Waals surface area contributed by atoms with Crippen LogP contribution in [0.4, 0.5) is 0 Å². The fraction of sp³-hybridized carbons (Fsp3) is 0.556. The highest BCUT2D eigenvalue weighted by molar-refractivity contribution is 5.36. The minimum atomic E-state index is -0.229. The van der Waals surface area contributed by atoms with Gasteiger partial charge in [-0.05, 0) is 44.2 Å². The van der Waals surface area contributed by atoms with Gasteiger partial charge in [-0.1, -0.05) is 11.2 Å². The zero-order valence-corrected chi connectivity index (χ0v) is 14.8. The summed E-state index contributed by atoms with van der Waals surface area (Å²) in [7, 11) is 0. The van der Waals surface area contributed by atoms with Gasteiger partial charge < -0.3 is 15.0 Å². The van der Waals surface area contributed by atoms with Gasteiger partial charge in [-0.2, -0.15) is 4.98 Å². The van der Waals surface area contributed by atoms with Crippen LogP contribution in [-0.2, 0) is 16.7 Å². The van der Waals surface area contributed by atoms with E-state index in [-0.39, 0.29) is 28.9 Å². The van der Waals surface area contributed by atoms with Crippen LogP contribution in [0.2, 0.25) is 0 Å². The predicted octanol–water partition coefficient (Wildman–Crippen LogP) is 0.609. The van der Waals surface area contributed by atoms with E-state index in [2.05, 4.69) is 15.2 Å². The normalized spacial score (nSPS) is 30.6. The summed E-state index contributed by atoms with van der Waals surface area (Å²) < 4.78 is 14.9. The highest BCUT2D eigenvalue weighted by Gasteiger charge is 2.78. The minimum Gasteiger partial charge on any atom is -0.366 e. The lowest BCUT2D eigenvalue weighted by molar-refractivity contribution is -0.106. The van der Waals surface area contributed by atoms with Crippen LogP contribution in [0.15, 0.2) is 33.7 Å². The third-order valence-corrected chi connectivity index (χ3v) is 6.72. The maximum atomic E-state index is 12.4. The number of nitrogens with zero attached hydrogens (tertiary/aromatic N) is 5. The molecular weight excluding hydrogens is 348 g/mol. The molecule has 0 aromatic carbocycles. The van der Waals surface area contributed by atoms with Crippen LogP contribution in [0, 0.1) is 0 Å². The van der Waals surface area contributed by atoms with E-state index in [1.165, 1.54) is 9.08 Å². The predicted molar refractivity (Wildman–Crippen MR) is 93.2 cm³/mol. The van der Waals surface area contributed by atoms with Crippen LogP contribution >= 0.6 is 0 Å². The Labute approximate surface area is 154 Å². The number of ether oxygens (including phenoxy) is 1. The van der Waals surface area contributed by atoms with E-state index >= 15 is 0 Å². The Balaban J connectivity index is 1.33. The van der Waals surface area contributed by atoms with Gasteiger partial charge >= 0.3 is 5.69 Å². The molecule has 2 saturated heterocycles. The number of rotatable bonds is 4. The van der Waals surface area contributed by atoms with Crippen molar-refractivity contribution in [2.24, 2.45) is 5.73 Å². The van der Waals surface area contributed by atoms with Gasteiger partial charge in [0.15, 0.2) is 11.5 Å². The maximum Gasteiger partial charge on any atom is 0.350 e. The monoisotopic (exact) mass is 368 g/mol. The number of aromatic nitrogens is 5.